The van der Waals surface area contributed by atoms with Crippen molar-refractivity contribution in [2.75, 3.05) is 31.1 Å². The van der Waals surface area contributed by atoms with Crippen molar-refractivity contribution in [1.82, 2.24) is 9.88 Å². The molecule has 19 heavy (non-hydrogen) atoms. The van der Waals surface area contributed by atoms with Crippen molar-refractivity contribution >= 4 is 11.7 Å². The number of nitrogens with one attached hydrogen (secondary N) is 1. The third-order valence-electron chi connectivity index (χ3n) is 3.83. The van der Waals surface area contributed by atoms with Crippen LogP contribution in [0.2, 0.25) is 0 Å². The zero-order valence-electron chi connectivity index (χ0n) is 11.8. The average molecular weight is 261 g/mol. The van der Waals surface area contributed by atoms with Crippen LogP contribution < -0.4 is 10.6 Å². The van der Waals surface area contributed by atoms with Crippen LogP contribution in [-0.4, -0.2) is 47.9 Å². The molecule has 0 amide bonds. The highest BCUT2D eigenvalue weighted by molar-refractivity contribution is 5.93. The Kier molecular flexibility index (Phi) is 4.37. The number of amidine groups is 1. The second kappa shape index (κ2) is 6.02. The summed E-state index contributed by atoms with van der Waals surface area (Å²) in [5, 5.41) is 7.46. The number of pyridine rings is 1. The third-order valence-corrected chi connectivity index (χ3v) is 3.83. The number of aromatic nitrogens is 1. The van der Waals surface area contributed by atoms with Gasteiger partial charge in [0.2, 0.25) is 0 Å². The molecule has 0 radical (unpaired) electrons. The van der Waals surface area contributed by atoms with Gasteiger partial charge in [-0.2, -0.15) is 0 Å². The molecule has 0 bridgehead atoms. The van der Waals surface area contributed by atoms with Crippen LogP contribution in [0.3, 0.4) is 0 Å². The Bertz CT molecular complexity index is 441. The SMILES string of the molecule is CCN(CC)C1CCN(c2cccc(C(=N)N)n2)C1. The minimum absolute atomic E-state index is 0.0290. The van der Waals surface area contributed by atoms with Gasteiger partial charge in [0, 0.05) is 19.1 Å². The molecule has 2 rings (SSSR count). The molecule has 0 aliphatic carbocycles. The van der Waals surface area contributed by atoms with E-state index in [4.69, 9.17) is 11.1 Å². The number of hydrogen-bond donors (Lipinski definition) is 2. The first kappa shape index (κ1) is 13.8. The number of rotatable bonds is 5. The van der Waals surface area contributed by atoms with Gasteiger partial charge in [0.1, 0.15) is 17.3 Å². The Morgan fingerprint density at radius 1 is 1.47 bits per heavy atom. The van der Waals surface area contributed by atoms with Gasteiger partial charge in [-0.1, -0.05) is 19.9 Å². The first-order chi connectivity index (χ1) is 9.15. The maximum atomic E-state index is 7.46. The van der Waals surface area contributed by atoms with Gasteiger partial charge in [0.25, 0.3) is 0 Å². The van der Waals surface area contributed by atoms with Crippen molar-refractivity contribution in [3.05, 3.63) is 23.9 Å². The van der Waals surface area contributed by atoms with Gasteiger partial charge in [-0.25, -0.2) is 4.98 Å². The lowest BCUT2D eigenvalue weighted by Crippen LogP contribution is -2.37. The Balaban J connectivity index is 2.08. The second-order valence-corrected chi connectivity index (χ2v) is 4.90. The topological polar surface area (TPSA) is 69.2 Å². The van der Waals surface area contributed by atoms with Crippen molar-refractivity contribution in [2.24, 2.45) is 5.73 Å². The van der Waals surface area contributed by atoms with Gasteiger partial charge < -0.3 is 10.6 Å². The number of nitrogens with zero attached hydrogens (tertiary/aromatic N) is 3. The van der Waals surface area contributed by atoms with Crippen molar-refractivity contribution < 1.29 is 0 Å². The van der Waals surface area contributed by atoms with Gasteiger partial charge in [-0.15, -0.1) is 0 Å². The minimum atomic E-state index is 0.0290. The molecule has 1 saturated heterocycles. The Morgan fingerprint density at radius 3 is 2.84 bits per heavy atom. The molecule has 1 fully saturated rings. The summed E-state index contributed by atoms with van der Waals surface area (Å²) >= 11 is 0. The highest BCUT2D eigenvalue weighted by Gasteiger charge is 2.26. The van der Waals surface area contributed by atoms with Gasteiger partial charge >= 0.3 is 0 Å². The standard InChI is InChI=1S/C14H23N5/c1-3-18(4-2)11-8-9-19(10-11)13-7-5-6-12(17-13)14(15)16/h5-7,11H,3-4,8-10H2,1-2H3,(H3,15,16). The summed E-state index contributed by atoms with van der Waals surface area (Å²) in [4.78, 5) is 9.24. The van der Waals surface area contributed by atoms with Crippen LogP contribution in [-0.2, 0) is 0 Å². The fourth-order valence-corrected chi connectivity index (χ4v) is 2.74. The van der Waals surface area contributed by atoms with E-state index in [2.05, 4.69) is 28.6 Å². The molecule has 104 valence electrons. The minimum Gasteiger partial charge on any atom is -0.382 e. The molecule has 0 saturated carbocycles. The lowest BCUT2D eigenvalue weighted by molar-refractivity contribution is 0.232. The van der Waals surface area contributed by atoms with Crippen molar-refractivity contribution in [2.45, 2.75) is 26.3 Å². The van der Waals surface area contributed by atoms with Crippen LogP contribution in [0.1, 0.15) is 26.0 Å². The van der Waals surface area contributed by atoms with E-state index < -0.39 is 0 Å². The third kappa shape index (κ3) is 3.04. The molecule has 1 aliphatic heterocycles. The van der Waals surface area contributed by atoms with Crippen LogP contribution >= 0.6 is 0 Å². The molecule has 0 aromatic carbocycles. The average Bonchev–Trinajstić information content (AvgIpc) is 2.90. The Hall–Kier alpha value is -1.62. The molecule has 1 aliphatic rings. The normalized spacial score (nSPS) is 19.1. The van der Waals surface area contributed by atoms with E-state index in [1.807, 2.05) is 12.1 Å². The van der Waals surface area contributed by atoms with Crippen molar-refractivity contribution in [1.29, 1.82) is 5.41 Å². The molecule has 1 aromatic rings. The Morgan fingerprint density at radius 2 is 2.21 bits per heavy atom. The molecular weight excluding hydrogens is 238 g/mol. The van der Waals surface area contributed by atoms with Gasteiger partial charge in [-0.3, -0.25) is 10.3 Å². The second-order valence-electron chi connectivity index (χ2n) is 4.90. The molecule has 1 aromatic heterocycles. The summed E-state index contributed by atoms with van der Waals surface area (Å²) in [6.07, 6.45) is 1.17. The number of likely N-dealkylation sites (N-methyl/N-ethyl adjacent to an activating group) is 1. The highest BCUT2D eigenvalue weighted by atomic mass is 15.3. The van der Waals surface area contributed by atoms with Crippen LogP contribution in [0.4, 0.5) is 5.82 Å². The molecule has 1 unspecified atom stereocenters. The largest absolute Gasteiger partial charge is 0.382 e. The zero-order valence-corrected chi connectivity index (χ0v) is 11.8. The first-order valence-electron chi connectivity index (χ1n) is 6.96. The summed E-state index contributed by atoms with van der Waals surface area (Å²) in [7, 11) is 0. The van der Waals surface area contributed by atoms with E-state index >= 15 is 0 Å². The van der Waals surface area contributed by atoms with E-state index in [1.165, 1.54) is 6.42 Å². The summed E-state index contributed by atoms with van der Waals surface area (Å²) in [6.45, 7) is 8.64. The van der Waals surface area contributed by atoms with Crippen LogP contribution in [0.15, 0.2) is 18.2 Å². The monoisotopic (exact) mass is 261 g/mol. The van der Waals surface area contributed by atoms with E-state index in [0.717, 1.165) is 32.0 Å². The Labute approximate surface area is 114 Å². The predicted octanol–water partition coefficient (Wildman–Crippen LogP) is 1.29. The summed E-state index contributed by atoms with van der Waals surface area (Å²) in [5.41, 5.74) is 6.05. The number of hydrogen-bond acceptors (Lipinski definition) is 4. The maximum absolute atomic E-state index is 7.46. The summed E-state index contributed by atoms with van der Waals surface area (Å²) < 4.78 is 0. The fourth-order valence-electron chi connectivity index (χ4n) is 2.74. The molecule has 0 spiro atoms. The fraction of sp³-hybridized carbons (Fsp3) is 0.571. The number of anilines is 1. The van der Waals surface area contributed by atoms with E-state index in [9.17, 15) is 0 Å². The van der Waals surface area contributed by atoms with Gasteiger partial charge in [0.15, 0.2) is 0 Å². The lowest BCUT2D eigenvalue weighted by Gasteiger charge is -2.26. The van der Waals surface area contributed by atoms with E-state index in [1.54, 1.807) is 6.07 Å². The van der Waals surface area contributed by atoms with E-state index in [0.29, 0.717) is 11.7 Å². The zero-order chi connectivity index (χ0) is 13.8. The van der Waals surface area contributed by atoms with Crippen LogP contribution in [0.25, 0.3) is 0 Å². The number of nitrogens with two attached hydrogens (primary N) is 1. The van der Waals surface area contributed by atoms with Gasteiger partial charge in [-0.05, 0) is 31.6 Å². The first-order valence-corrected chi connectivity index (χ1v) is 6.96. The highest BCUT2D eigenvalue weighted by Crippen LogP contribution is 2.21. The van der Waals surface area contributed by atoms with E-state index in [-0.39, 0.29) is 5.84 Å². The van der Waals surface area contributed by atoms with Gasteiger partial charge in [0.05, 0.1) is 0 Å². The lowest BCUT2D eigenvalue weighted by atomic mass is 10.2. The smallest absolute Gasteiger partial charge is 0.141 e. The molecule has 2 heterocycles. The van der Waals surface area contributed by atoms with Crippen LogP contribution in [0.5, 0.6) is 0 Å². The van der Waals surface area contributed by atoms with Crippen molar-refractivity contribution in [3.8, 4) is 0 Å². The molecule has 5 heteroatoms. The molecular formula is C14H23N5. The molecule has 3 N–H and O–H groups in total. The summed E-state index contributed by atoms with van der Waals surface area (Å²) in [6, 6.07) is 6.31. The quantitative estimate of drug-likeness (QED) is 0.619. The number of nitrogen functional groups attached to an aromatic ring is 1. The summed E-state index contributed by atoms with van der Waals surface area (Å²) in [5.74, 6) is 0.962. The molecule has 5 nitrogen and oxygen atoms in total. The van der Waals surface area contributed by atoms with Crippen LogP contribution in [0, 0.1) is 5.41 Å². The maximum Gasteiger partial charge on any atom is 0.141 e. The molecule has 1 atom stereocenters. The predicted molar refractivity (Wildman–Crippen MR) is 78.8 cm³/mol. The van der Waals surface area contributed by atoms with Crippen molar-refractivity contribution in [3.63, 3.8) is 0 Å².